The normalized spacial score (nSPS) is 25.9. The van der Waals surface area contributed by atoms with Crippen LogP contribution in [0, 0.1) is 0 Å². The van der Waals surface area contributed by atoms with E-state index in [-0.39, 0.29) is 18.9 Å². The van der Waals surface area contributed by atoms with E-state index in [4.69, 9.17) is 28.4 Å². The number of ether oxygens (including phenoxy) is 6. The predicted molar refractivity (Wildman–Crippen MR) is 429 cm³/mol. The van der Waals surface area contributed by atoms with E-state index in [2.05, 4.69) is 92.1 Å². The average Bonchev–Trinajstić information content (AvgIpc) is 0.782. The molecule has 12 N–H and O–H groups in total. The molecule has 0 aromatic carbocycles. The first-order valence-electron chi connectivity index (χ1n) is 43.3. The third kappa shape index (κ3) is 46.7. The Morgan fingerprint density at radius 1 is 0.346 bits per heavy atom. The molecule has 0 aliphatic carbocycles. The van der Waals surface area contributed by atoms with Crippen molar-refractivity contribution in [3.63, 3.8) is 0 Å². The van der Waals surface area contributed by atoms with E-state index in [9.17, 15) is 61.0 Å². The van der Waals surface area contributed by atoms with Gasteiger partial charge in [0.15, 0.2) is 18.9 Å². The van der Waals surface area contributed by atoms with Gasteiger partial charge in [-0.1, -0.05) is 343 Å². The Balaban J connectivity index is 1.30. The predicted octanol–water partition coefficient (Wildman–Crippen LogP) is 15.7. The van der Waals surface area contributed by atoms with Crippen molar-refractivity contribution in [1.82, 2.24) is 5.32 Å². The van der Waals surface area contributed by atoms with E-state index in [1.165, 1.54) is 225 Å². The van der Waals surface area contributed by atoms with Crippen molar-refractivity contribution in [1.29, 1.82) is 0 Å². The molecule has 1 amide bonds. The van der Waals surface area contributed by atoms with Gasteiger partial charge in [0.05, 0.1) is 38.6 Å². The van der Waals surface area contributed by atoms with Gasteiger partial charge in [0, 0.05) is 6.42 Å². The fraction of sp³-hybridized carbons (Fsp3) is 0.830. The zero-order valence-electron chi connectivity index (χ0n) is 66.9. The minimum Gasteiger partial charge on any atom is -0.394 e. The first-order valence-corrected chi connectivity index (χ1v) is 43.3. The number of carbonyl (C=O) groups excluding carboxylic acids is 1. The van der Waals surface area contributed by atoms with E-state index >= 15 is 0 Å². The Morgan fingerprint density at radius 3 is 1.01 bits per heavy atom. The molecular weight excluding hydrogens is 1360 g/mol. The molecule has 3 rings (SSSR count). The van der Waals surface area contributed by atoms with Crippen LogP contribution in [0.1, 0.15) is 335 Å². The summed E-state index contributed by atoms with van der Waals surface area (Å²) in [6.45, 7) is 1.66. The quantitative estimate of drug-likeness (QED) is 0.0199. The van der Waals surface area contributed by atoms with Gasteiger partial charge in [-0.05, 0) is 70.6 Å². The number of aliphatic hydroxyl groups excluding tert-OH is 11. The van der Waals surface area contributed by atoms with Gasteiger partial charge in [0.1, 0.15) is 73.2 Å². The maximum Gasteiger partial charge on any atom is 0.220 e. The molecule has 3 fully saturated rings. The van der Waals surface area contributed by atoms with Crippen LogP contribution in [0.5, 0.6) is 0 Å². The average molecular weight is 1520 g/mol. The molecule has 107 heavy (non-hydrogen) atoms. The van der Waals surface area contributed by atoms with Gasteiger partial charge in [0.2, 0.25) is 5.91 Å². The van der Waals surface area contributed by atoms with Crippen LogP contribution in [0.4, 0.5) is 0 Å². The number of allylic oxidation sites excluding steroid dienone is 13. The molecule has 19 nitrogen and oxygen atoms in total. The highest BCUT2D eigenvalue weighted by atomic mass is 16.8. The van der Waals surface area contributed by atoms with E-state index in [1.54, 1.807) is 6.08 Å². The molecule has 0 aromatic rings. The number of amides is 1. The lowest BCUT2D eigenvalue weighted by molar-refractivity contribution is -0.379. The molecule has 3 saturated heterocycles. The summed E-state index contributed by atoms with van der Waals surface area (Å²) in [5.41, 5.74) is 0. The van der Waals surface area contributed by atoms with Gasteiger partial charge in [0.25, 0.3) is 0 Å². The maximum absolute atomic E-state index is 13.5. The van der Waals surface area contributed by atoms with Crippen molar-refractivity contribution in [3.05, 3.63) is 85.1 Å². The van der Waals surface area contributed by atoms with Gasteiger partial charge in [-0.15, -0.1) is 0 Å². The number of unbranched alkanes of at least 4 members (excludes halogenated alkanes) is 41. The molecule has 0 saturated carbocycles. The minimum atomic E-state index is -1.98. The Kier molecular flexibility index (Phi) is 61.9. The molecule has 622 valence electrons. The van der Waals surface area contributed by atoms with Crippen LogP contribution < -0.4 is 5.32 Å². The lowest BCUT2D eigenvalue weighted by atomic mass is 9.96. The highest BCUT2D eigenvalue weighted by Gasteiger charge is 2.54. The van der Waals surface area contributed by atoms with Crippen LogP contribution in [0.3, 0.4) is 0 Å². The number of carbonyl (C=O) groups is 1. The maximum atomic E-state index is 13.5. The summed E-state index contributed by atoms with van der Waals surface area (Å²) in [5, 5.41) is 121. The minimum absolute atomic E-state index is 0.244. The number of rotatable bonds is 69. The standard InChI is InChI=1S/C88H157NO18/c1-3-5-7-9-11-13-15-17-19-21-23-25-26-27-28-29-30-31-32-33-34-35-36-37-38-39-40-41-42-43-44-46-48-50-52-54-56-58-60-62-64-66-76(94)89-71(72(93)65-63-61-59-57-55-53-51-49-47-45-24-22-20-18-16-14-12-10-8-6-4-2)70-102-86-82(100)79(97)84(74(68-91)104-86)107-88-83(101)80(98)85(75(69-92)105-88)106-87-81(99)78(96)77(95)73(67-90)103-87/h5,7,11,13,17,19,23,25,27-28,30-31,63,65,71-75,77-88,90-93,95-101H,3-4,6,8-10,12,14-16,18,20-22,24,26,29,32-62,64,66-70H2,1-2H3,(H,89,94)/b7-5-,13-11-,19-17-,25-23-,28-27-,31-30-,65-63+. The van der Waals surface area contributed by atoms with E-state index in [0.717, 1.165) is 83.5 Å². The summed E-state index contributed by atoms with van der Waals surface area (Å²) in [7, 11) is 0. The Morgan fingerprint density at radius 2 is 0.645 bits per heavy atom. The highest BCUT2D eigenvalue weighted by Crippen LogP contribution is 2.33. The van der Waals surface area contributed by atoms with Crippen LogP contribution in [-0.2, 0) is 33.2 Å². The number of nitrogens with one attached hydrogen (secondary N) is 1. The van der Waals surface area contributed by atoms with Crippen molar-refractivity contribution in [2.24, 2.45) is 0 Å². The lowest BCUT2D eigenvalue weighted by Gasteiger charge is -2.48. The fourth-order valence-corrected chi connectivity index (χ4v) is 14.3. The lowest BCUT2D eigenvalue weighted by Crippen LogP contribution is -2.66. The van der Waals surface area contributed by atoms with Crippen LogP contribution in [0.15, 0.2) is 85.1 Å². The zero-order valence-corrected chi connectivity index (χ0v) is 66.9. The Labute approximate surface area is 648 Å². The summed E-state index contributed by atoms with van der Waals surface area (Å²) < 4.78 is 34.5. The van der Waals surface area contributed by atoms with Crippen LogP contribution >= 0.6 is 0 Å². The summed E-state index contributed by atoms with van der Waals surface area (Å²) in [4.78, 5) is 13.5. The van der Waals surface area contributed by atoms with E-state index in [0.29, 0.717) is 6.42 Å². The van der Waals surface area contributed by atoms with E-state index in [1.807, 2.05) is 6.08 Å². The van der Waals surface area contributed by atoms with Crippen molar-refractivity contribution in [2.75, 3.05) is 26.4 Å². The zero-order chi connectivity index (χ0) is 77.4. The molecular formula is C88H157NO18. The summed E-state index contributed by atoms with van der Waals surface area (Å²) >= 11 is 0. The number of hydrogen-bond acceptors (Lipinski definition) is 18. The molecule has 19 heteroatoms. The smallest absolute Gasteiger partial charge is 0.220 e. The molecule has 3 heterocycles. The van der Waals surface area contributed by atoms with Crippen molar-refractivity contribution in [3.8, 4) is 0 Å². The van der Waals surface area contributed by atoms with Crippen LogP contribution in [-0.4, -0.2) is 193 Å². The van der Waals surface area contributed by atoms with Crippen LogP contribution in [0.25, 0.3) is 0 Å². The Bertz CT molecular complexity index is 2260. The largest absolute Gasteiger partial charge is 0.394 e. The number of hydrogen-bond donors (Lipinski definition) is 12. The highest BCUT2D eigenvalue weighted by molar-refractivity contribution is 5.76. The monoisotopic (exact) mass is 1520 g/mol. The molecule has 17 atom stereocenters. The molecule has 17 unspecified atom stereocenters. The van der Waals surface area contributed by atoms with Gasteiger partial charge >= 0.3 is 0 Å². The summed E-state index contributed by atoms with van der Waals surface area (Å²) in [6.07, 6.45) is 64.4. The fourth-order valence-electron chi connectivity index (χ4n) is 14.3. The molecule has 0 spiro atoms. The van der Waals surface area contributed by atoms with Crippen LogP contribution in [0.2, 0.25) is 0 Å². The van der Waals surface area contributed by atoms with Gasteiger partial charge in [-0.25, -0.2) is 0 Å². The van der Waals surface area contributed by atoms with E-state index < -0.39 is 124 Å². The first-order chi connectivity index (χ1) is 52.3. The van der Waals surface area contributed by atoms with Crippen molar-refractivity contribution in [2.45, 2.75) is 439 Å². The van der Waals surface area contributed by atoms with Crippen molar-refractivity contribution >= 4 is 5.91 Å². The van der Waals surface area contributed by atoms with Crippen molar-refractivity contribution < 1.29 is 89.4 Å². The third-order valence-corrected chi connectivity index (χ3v) is 21.2. The third-order valence-electron chi connectivity index (χ3n) is 21.2. The Hall–Kier alpha value is -3.03. The molecule has 3 aliphatic rings. The first kappa shape index (κ1) is 98.2. The second-order valence-electron chi connectivity index (χ2n) is 30.6. The summed E-state index contributed by atoms with van der Waals surface area (Å²) in [6, 6.07) is -0.976. The molecule has 3 aliphatic heterocycles. The molecule has 0 bridgehead atoms. The summed E-state index contributed by atoms with van der Waals surface area (Å²) in [5.74, 6) is -0.271. The molecule has 0 aromatic heterocycles. The second-order valence-corrected chi connectivity index (χ2v) is 30.6. The second kappa shape index (κ2) is 67.5. The number of aliphatic hydroxyl groups is 11. The topological polar surface area (TPSA) is 307 Å². The SMILES string of the molecule is CC/C=C\C/C=C\C/C=C\C/C=C\C/C=C\C/C=C\CCCCCCCCCCCCCCCCCCCCCCCCC(=O)NC(COC1OC(CO)C(OC2OC(CO)C(OC3OC(CO)C(O)C(O)C3O)C(O)C2O)C(O)C1O)C(O)/C=C/CCCCCCCCCCCCCCCCCCCCC. The molecule has 0 radical (unpaired) electrons. The van der Waals surface area contributed by atoms with Gasteiger partial charge < -0.3 is 89.9 Å². The van der Waals surface area contributed by atoms with Gasteiger partial charge in [-0.3, -0.25) is 4.79 Å². The van der Waals surface area contributed by atoms with Gasteiger partial charge in [-0.2, -0.15) is 0 Å².